The second-order valence-electron chi connectivity index (χ2n) is 6.66. The van der Waals surface area contributed by atoms with Gasteiger partial charge in [-0.25, -0.2) is 4.39 Å². The Kier molecular flexibility index (Phi) is 6.98. The monoisotopic (exact) mass is 497 g/mol. The molecule has 3 atom stereocenters. The van der Waals surface area contributed by atoms with E-state index < -0.39 is 12.3 Å². The number of nitrogens with one attached hydrogen (secondary N) is 2. The van der Waals surface area contributed by atoms with Crippen LogP contribution in [0.4, 0.5) is 10.1 Å². The van der Waals surface area contributed by atoms with Crippen molar-refractivity contribution in [2.45, 2.75) is 25.3 Å². The number of nitrogens with zero attached hydrogens (tertiary/aromatic N) is 3. The normalized spacial score (nSPS) is 20.6. The molecule has 3 rings (SSSR count). The molecular formula is C19H21FIN5O2. The molecular weight excluding hydrogens is 476 g/mol. The summed E-state index contributed by atoms with van der Waals surface area (Å²) >= 11 is 1.87. The number of amides is 1. The molecule has 28 heavy (non-hydrogen) atoms. The zero-order chi connectivity index (χ0) is 20.1. The van der Waals surface area contributed by atoms with Gasteiger partial charge in [-0.15, -0.1) is 0 Å². The van der Waals surface area contributed by atoms with Crippen molar-refractivity contribution in [1.82, 2.24) is 13.8 Å². The fraction of sp³-hybridized carbons (Fsp3) is 0.421. The van der Waals surface area contributed by atoms with Crippen LogP contribution in [-0.2, 0) is 9.53 Å². The number of nitriles is 1. The van der Waals surface area contributed by atoms with Crippen LogP contribution in [-0.4, -0.2) is 55.4 Å². The third-order valence-corrected chi connectivity index (χ3v) is 5.00. The van der Waals surface area contributed by atoms with Crippen LogP contribution in [0, 0.1) is 11.3 Å². The highest BCUT2D eigenvalue weighted by Gasteiger charge is 2.31. The van der Waals surface area contributed by atoms with E-state index in [9.17, 15) is 14.4 Å². The number of fused-ring (bicyclic) bond motifs is 1. The van der Waals surface area contributed by atoms with E-state index in [2.05, 4.69) is 24.8 Å². The van der Waals surface area contributed by atoms with E-state index in [0.717, 1.165) is 11.1 Å². The topological polar surface area (TPSA) is 90.3 Å². The van der Waals surface area contributed by atoms with Crippen molar-refractivity contribution in [1.29, 1.82) is 5.26 Å². The number of benzene rings is 1. The SMILES string of the molecule is CC1CN(c2ccc(C#N)c3ncccc23)C[C@H](C(=O)NC[C@H](F)CNI)O1. The van der Waals surface area contributed by atoms with Gasteiger partial charge < -0.3 is 15.0 Å². The van der Waals surface area contributed by atoms with Crippen LogP contribution in [0.5, 0.6) is 0 Å². The minimum atomic E-state index is -1.16. The maximum atomic E-state index is 13.6. The summed E-state index contributed by atoms with van der Waals surface area (Å²) in [5.74, 6) is -0.330. The molecule has 0 saturated carbocycles. The van der Waals surface area contributed by atoms with Crippen LogP contribution in [0.1, 0.15) is 12.5 Å². The van der Waals surface area contributed by atoms with E-state index in [1.165, 1.54) is 0 Å². The van der Waals surface area contributed by atoms with E-state index >= 15 is 0 Å². The first-order chi connectivity index (χ1) is 13.5. The number of alkyl halides is 1. The zero-order valence-electron chi connectivity index (χ0n) is 15.4. The Labute approximate surface area is 176 Å². The largest absolute Gasteiger partial charge is 0.365 e. The van der Waals surface area contributed by atoms with Gasteiger partial charge in [0, 0.05) is 53.2 Å². The lowest BCUT2D eigenvalue weighted by molar-refractivity contribution is -0.137. The van der Waals surface area contributed by atoms with Crippen LogP contribution >= 0.6 is 22.9 Å². The zero-order valence-corrected chi connectivity index (χ0v) is 17.5. The minimum Gasteiger partial charge on any atom is -0.365 e. The van der Waals surface area contributed by atoms with E-state index in [1.54, 1.807) is 12.3 Å². The molecule has 2 aromatic rings. The highest BCUT2D eigenvalue weighted by Crippen LogP contribution is 2.30. The molecule has 1 aliphatic heterocycles. The van der Waals surface area contributed by atoms with Gasteiger partial charge in [-0.05, 0) is 31.2 Å². The highest BCUT2D eigenvalue weighted by atomic mass is 127. The molecule has 9 heteroatoms. The second kappa shape index (κ2) is 9.45. The standard InChI is InChI=1S/C19H21FIN5O2/c1-12-10-26(11-17(28-12)19(27)24-8-14(20)9-25-21)16-5-4-13(7-22)18-15(16)3-2-6-23-18/h2-6,12,14,17,25H,8-11H2,1H3,(H,24,27)/t12?,14-,17+/m0/s1. The number of carbonyl (C=O) groups is 1. The Bertz CT molecular complexity index is 890. The predicted octanol–water partition coefficient (Wildman–Crippen LogP) is 2.09. The van der Waals surface area contributed by atoms with Crippen LogP contribution < -0.4 is 13.7 Å². The lowest BCUT2D eigenvalue weighted by atomic mass is 10.1. The smallest absolute Gasteiger partial charge is 0.251 e. The number of pyridine rings is 1. The van der Waals surface area contributed by atoms with E-state index in [-0.39, 0.29) is 25.1 Å². The van der Waals surface area contributed by atoms with Gasteiger partial charge in [0.2, 0.25) is 0 Å². The van der Waals surface area contributed by atoms with Crippen molar-refractivity contribution in [3.8, 4) is 6.07 Å². The van der Waals surface area contributed by atoms with Gasteiger partial charge in [0.1, 0.15) is 12.2 Å². The van der Waals surface area contributed by atoms with Crippen molar-refractivity contribution < 1.29 is 13.9 Å². The van der Waals surface area contributed by atoms with E-state index in [0.29, 0.717) is 24.2 Å². The third-order valence-electron chi connectivity index (χ3n) is 4.56. The Morgan fingerprint density at radius 2 is 2.29 bits per heavy atom. The summed E-state index contributed by atoms with van der Waals surface area (Å²) in [7, 11) is 0. The van der Waals surface area contributed by atoms with Crippen LogP contribution in [0.15, 0.2) is 30.5 Å². The summed E-state index contributed by atoms with van der Waals surface area (Å²) < 4.78 is 22.1. The first-order valence-corrected chi connectivity index (χ1v) is 10.0. The molecule has 148 valence electrons. The molecule has 1 aliphatic rings. The van der Waals surface area contributed by atoms with Gasteiger partial charge in [-0.1, -0.05) is 0 Å². The number of hydrogen-bond donors (Lipinski definition) is 2. The summed E-state index contributed by atoms with van der Waals surface area (Å²) in [5, 5.41) is 12.8. The molecule has 0 bridgehead atoms. The average Bonchev–Trinajstić information content (AvgIpc) is 2.71. The molecule has 1 unspecified atom stereocenters. The van der Waals surface area contributed by atoms with Crippen LogP contribution in [0.25, 0.3) is 10.9 Å². The lowest BCUT2D eigenvalue weighted by Crippen LogP contribution is -2.53. The van der Waals surface area contributed by atoms with Gasteiger partial charge in [0.15, 0.2) is 6.10 Å². The third kappa shape index (κ3) is 4.68. The molecule has 2 N–H and O–H groups in total. The molecule has 2 heterocycles. The summed E-state index contributed by atoms with van der Waals surface area (Å²) in [6.45, 7) is 2.94. The summed E-state index contributed by atoms with van der Waals surface area (Å²) in [5.41, 5.74) is 2.04. The fourth-order valence-electron chi connectivity index (χ4n) is 3.30. The first kappa shape index (κ1) is 20.7. The Balaban J connectivity index is 1.79. The average molecular weight is 497 g/mol. The Hall–Kier alpha value is -2.03. The molecule has 1 aromatic carbocycles. The number of carbonyl (C=O) groups excluding carboxylic acids is 1. The number of morpholine rings is 1. The van der Waals surface area contributed by atoms with Crippen molar-refractivity contribution >= 4 is 45.4 Å². The van der Waals surface area contributed by atoms with Crippen LogP contribution in [0.2, 0.25) is 0 Å². The van der Waals surface area contributed by atoms with Crippen molar-refractivity contribution in [2.75, 3.05) is 31.1 Å². The molecule has 1 fully saturated rings. The molecule has 1 saturated heterocycles. The van der Waals surface area contributed by atoms with Gasteiger partial charge in [-0.3, -0.25) is 13.3 Å². The lowest BCUT2D eigenvalue weighted by Gasteiger charge is -2.38. The number of hydrogen-bond acceptors (Lipinski definition) is 6. The van der Waals surface area contributed by atoms with Gasteiger partial charge in [0.05, 0.1) is 30.3 Å². The summed E-state index contributed by atoms with van der Waals surface area (Å²) in [6.07, 6.45) is -0.384. The first-order valence-electron chi connectivity index (χ1n) is 8.97. The number of rotatable bonds is 6. The van der Waals surface area contributed by atoms with Crippen molar-refractivity contribution in [3.05, 3.63) is 36.0 Å². The fourth-order valence-corrected chi connectivity index (χ4v) is 3.78. The second-order valence-corrected chi connectivity index (χ2v) is 7.43. The summed E-state index contributed by atoms with van der Waals surface area (Å²) in [6, 6.07) is 9.52. The van der Waals surface area contributed by atoms with Crippen molar-refractivity contribution in [2.24, 2.45) is 0 Å². The number of ether oxygens (including phenoxy) is 1. The number of halogens is 2. The minimum absolute atomic E-state index is 0.0627. The number of aromatic nitrogens is 1. The van der Waals surface area contributed by atoms with Crippen molar-refractivity contribution in [3.63, 3.8) is 0 Å². The number of anilines is 1. The quantitative estimate of drug-likeness (QED) is 0.470. The molecule has 0 radical (unpaired) electrons. The Morgan fingerprint density at radius 3 is 3.04 bits per heavy atom. The molecule has 0 aliphatic carbocycles. The molecule has 1 amide bonds. The highest BCUT2D eigenvalue weighted by molar-refractivity contribution is 14.1. The summed E-state index contributed by atoms with van der Waals surface area (Å²) in [4.78, 5) is 18.9. The van der Waals surface area contributed by atoms with Gasteiger partial charge in [-0.2, -0.15) is 5.26 Å². The van der Waals surface area contributed by atoms with E-state index in [4.69, 9.17) is 4.74 Å². The molecule has 1 aromatic heterocycles. The molecule has 7 nitrogen and oxygen atoms in total. The van der Waals surface area contributed by atoms with Crippen LogP contribution in [0.3, 0.4) is 0 Å². The predicted molar refractivity (Wildman–Crippen MR) is 113 cm³/mol. The maximum absolute atomic E-state index is 13.6. The van der Waals surface area contributed by atoms with Gasteiger partial charge in [0.25, 0.3) is 5.91 Å². The van der Waals surface area contributed by atoms with Gasteiger partial charge >= 0.3 is 0 Å². The maximum Gasteiger partial charge on any atom is 0.251 e. The Morgan fingerprint density at radius 1 is 1.46 bits per heavy atom. The van der Waals surface area contributed by atoms with E-state index in [1.807, 2.05) is 48.0 Å². The molecule has 0 spiro atoms.